The molecule has 0 fully saturated rings. The van der Waals surface area contributed by atoms with Crippen LogP contribution in [-0.2, 0) is 10.0 Å². The summed E-state index contributed by atoms with van der Waals surface area (Å²) in [5.41, 5.74) is 6.10. The third kappa shape index (κ3) is 4.66. The minimum atomic E-state index is -3.58. The number of allylic oxidation sites excluding steroid dienone is 2. The summed E-state index contributed by atoms with van der Waals surface area (Å²) in [5.74, 6) is 0.356. The van der Waals surface area contributed by atoms with E-state index in [0.717, 1.165) is 12.8 Å². The van der Waals surface area contributed by atoms with Crippen molar-refractivity contribution in [1.29, 1.82) is 0 Å². The predicted molar refractivity (Wildman–Crippen MR) is 63.3 cm³/mol. The standard InChI is InChI=1S/C8H16N2O2S.C2H6/c1-6-3-2-4-7(9)8(5-6)13(10,11)12;1-2/h6H,2-5,9H2,1H3,(H2,10,11,12);1-2H3. The lowest BCUT2D eigenvalue weighted by atomic mass is 10.0. The van der Waals surface area contributed by atoms with Gasteiger partial charge in [-0.2, -0.15) is 0 Å². The zero-order valence-electron chi connectivity index (χ0n) is 9.79. The first-order chi connectivity index (χ1) is 6.91. The van der Waals surface area contributed by atoms with E-state index in [4.69, 9.17) is 10.9 Å². The number of sulfonamides is 1. The largest absolute Gasteiger partial charge is 0.401 e. The topological polar surface area (TPSA) is 86.2 Å². The molecule has 1 rings (SSSR count). The fraction of sp³-hybridized carbons (Fsp3) is 0.800. The second-order valence-corrected chi connectivity index (χ2v) is 5.28. The molecule has 1 aliphatic rings. The SMILES string of the molecule is CC.CC1CCCC(N)=C(S(N)(=O)=O)C1. The molecule has 0 amide bonds. The van der Waals surface area contributed by atoms with Gasteiger partial charge in [-0.3, -0.25) is 0 Å². The molecule has 4 nitrogen and oxygen atoms in total. The summed E-state index contributed by atoms with van der Waals surface area (Å²) in [4.78, 5) is 0.248. The number of hydrogen-bond donors (Lipinski definition) is 2. The van der Waals surface area contributed by atoms with Gasteiger partial charge in [0.25, 0.3) is 0 Å². The zero-order valence-corrected chi connectivity index (χ0v) is 10.6. The normalized spacial score (nSPS) is 22.8. The van der Waals surface area contributed by atoms with E-state index < -0.39 is 10.0 Å². The van der Waals surface area contributed by atoms with E-state index >= 15 is 0 Å². The molecule has 0 aliphatic heterocycles. The fourth-order valence-corrected chi connectivity index (χ4v) is 2.61. The van der Waals surface area contributed by atoms with Gasteiger partial charge in [0.2, 0.25) is 10.0 Å². The molecule has 15 heavy (non-hydrogen) atoms. The predicted octanol–water partition coefficient (Wildman–Crippen LogP) is 1.68. The molecular formula is C10H22N2O2S. The molecule has 0 heterocycles. The van der Waals surface area contributed by atoms with Gasteiger partial charge in [-0.25, -0.2) is 13.6 Å². The van der Waals surface area contributed by atoms with Crippen molar-refractivity contribution in [2.75, 3.05) is 0 Å². The van der Waals surface area contributed by atoms with Gasteiger partial charge in [-0.1, -0.05) is 20.8 Å². The first-order valence-corrected chi connectivity index (χ1v) is 6.96. The van der Waals surface area contributed by atoms with Crippen molar-refractivity contribution in [3.05, 3.63) is 10.6 Å². The highest BCUT2D eigenvalue weighted by Crippen LogP contribution is 2.27. The van der Waals surface area contributed by atoms with Crippen LogP contribution >= 0.6 is 0 Å². The molecule has 0 aromatic rings. The second kappa shape index (κ2) is 6.12. The van der Waals surface area contributed by atoms with Crippen molar-refractivity contribution in [2.45, 2.75) is 46.5 Å². The Morgan fingerprint density at radius 2 is 1.87 bits per heavy atom. The lowest BCUT2D eigenvalue weighted by Crippen LogP contribution is -2.19. The molecular weight excluding hydrogens is 212 g/mol. The highest BCUT2D eigenvalue weighted by molar-refractivity contribution is 7.93. The molecule has 90 valence electrons. The average Bonchev–Trinajstić information content (AvgIpc) is 2.30. The first-order valence-electron chi connectivity index (χ1n) is 5.41. The third-order valence-electron chi connectivity index (χ3n) is 2.38. The number of nitrogens with two attached hydrogens (primary N) is 2. The lowest BCUT2D eigenvalue weighted by Gasteiger charge is -2.09. The van der Waals surface area contributed by atoms with Crippen LogP contribution in [0.3, 0.4) is 0 Å². The fourth-order valence-electron chi connectivity index (χ4n) is 1.63. The van der Waals surface area contributed by atoms with Gasteiger partial charge in [0.15, 0.2) is 0 Å². The third-order valence-corrected chi connectivity index (χ3v) is 3.49. The Morgan fingerprint density at radius 1 is 1.33 bits per heavy atom. The highest BCUT2D eigenvalue weighted by atomic mass is 32.2. The number of rotatable bonds is 1. The maximum Gasteiger partial charge on any atom is 0.235 e. The maximum absolute atomic E-state index is 11.1. The molecule has 0 saturated carbocycles. The van der Waals surface area contributed by atoms with Gasteiger partial charge >= 0.3 is 0 Å². The first kappa shape index (κ1) is 14.5. The van der Waals surface area contributed by atoms with Gasteiger partial charge in [-0.15, -0.1) is 0 Å². The molecule has 0 aromatic heterocycles. The Morgan fingerprint density at radius 3 is 2.33 bits per heavy atom. The molecule has 0 saturated heterocycles. The highest BCUT2D eigenvalue weighted by Gasteiger charge is 2.21. The molecule has 1 aliphatic carbocycles. The molecule has 0 aromatic carbocycles. The van der Waals surface area contributed by atoms with Crippen molar-refractivity contribution in [2.24, 2.45) is 16.8 Å². The van der Waals surface area contributed by atoms with Crippen LogP contribution in [0.4, 0.5) is 0 Å². The van der Waals surface area contributed by atoms with Gasteiger partial charge in [0, 0.05) is 5.70 Å². The van der Waals surface area contributed by atoms with Crippen LogP contribution in [0.15, 0.2) is 10.6 Å². The van der Waals surface area contributed by atoms with E-state index in [2.05, 4.69) is 0 Å². The van der Waals surface area contributed by atoms with E-state index in [1.807, 2.05) is 20.8 Å². The van der Waals surface area contributed by atoms with Gasteiger partial charge in [0.05, 0.1) is 4.91 Å². The molecule has 4 N–H and O–H groups in total. The van der Waals surface area contributed by atoms with Gasteiger partial charge < -0.3 is 5.73 Å². The summed E-state index contributed by atoms with van der Waals surface area (Å²) in [6.07, 6.45) is 3.10. The van der Waals surface area contributed by atoms with Crippen LogP contribution < -0.4 is 10.9 Å². The van der Waals surface area contributed by atoms with E-state index in [1.165, 1.54) is 0 Å². The monoisotopic (exact) mass is 234 g/mol. The van der Waals surface area contributed by atoms with Crippen LogP contribution in [-0.4, -0.2) is 8.42 Å². The van der Waals surface area contributed by atoms with E-state index in [0.29, 0.717) is 24.5 Å². The smallest absolute Gasteiger partial charge is 0.235 e. The van der Waals surface area contributed by atoms with Gasteiger partial charge in [0.1, 0.15) is 0 Å². The van der Waals surface area contributed by atoms with Crippen LogP contribution in [0.1, 0.15) is 46.5 Å². The Bertz CT molecular complexity index is 320. The number of primary sulfonamides is 1. The van der Waals surface area contributed by atoms with Crippen LogP contribution in [0.5, 0.6) is 0 Å². The van der Waals surface area contributed by atoms with Crippen molar-refractivity contribution in [3.63, 3.8) is 0 Å². The molecule has 1 atom stereocenters. The molecule has 1 unspecified atom stereocenters. The molecule has 0 radical (unpaired) electrons. The van der Waals surface area contributed by atoms with Crippen LogP contribution in [0, 0.1) is 5.92 Å². The summed E-state index contributed by atoms with van der Waals surface area (Å²) in [6, 6.07) is 0. The average molecular weight is 234 g/mol. The molecule has 0 bridgehead atoms. The number of hydrogen-bond acceptors (Lipinski definition) is 3. The quantitative estimate of drug-likeness (QED) is 0.723. The van der Waals surface area contributed by atoms with Crippen molar-refractivity contribution >= 4 is 10.0 Å². The summed E-state index contributed by atoms with van der Waals surface area (Å²) in [7, 11) is -3.58. The van der Waals surface area contributed by atoms with E-state index in [1.54, 1.807) is 0 Å². The summed E-state index contributed by atoms with van der Waals surface area (Å²) >= 11 is 0. The minimum Gasteiger partial charge on any atom is -0.401 e. The summed E-state index contributed by atoms with van der Waals surface area (Å²) in [5, 5.41) is 5.07. The Kier molecular flexibility index (Phi) is 5.90. The van der Waals surface area contributed by atoms with Crippen molar-refractivity contribution in [1.82, 2.24) is 0 Å². The minimum absolute atomic E-state index is 0.248. The van der Waals surface area contributed by atoms with E-state index in [-0.39, 0.29) is 4.91 Å². The Hall–Kier alpha value is -0.550. The van der Waals surface area contributed by atoms with Crippen molar-refractivity contribution < 1.29 is 8.42 Å². The maximum atomic E-state index is 11.1. The van der Waals surface area contributed by atoms with Gasteiger partial charge in [-0.05, 0) is 31.6 Å². The second-order valence-electron chi connectivity index (χ2n) is 3.69. The van der Waals surface area contributed by atoms with Crippen LogP contribution in [0.25, 0.3) is 0 Å². The summed E-state index contributed by atoms with van der Waals surface area (Å²) in [6.45, 7) is 6.02. The van der Waals surface area contributed by atoms with Crippen molar-refractivity contribution in [3.8, 4) is 0 Å². The Labute approximate surface area is 92.8 Å². The Balaban J connectivity index is 0.000000921. The molecule has 0 spiro atoms. The van der Waals surface area contributed by atoms with E-state index in [9.17, 15) is 8.42 Å². The van der Waals surface area contributed by atoms with Crippen LogP contribution in [0.2, 0.25) is 0 Å². The summed E-state index contributed by atoms with van der Waals surface area (Å²) < 4.78 is 22.3. The zero-order chi connectivity index (χ0) is 12.1. The molecule has 5 heteroatoms. The lowest BCUT2D eigenvalue weighted by molar-refractivity contribution is 0.525.